The third kappa shape index (κ3) is 3.89. The summed E-state index contributed by atoms with van der Waals surface area (Å²) in [6, 6.07) is 4.21. The summed E-state index contributed by atoms with van der Waals surface area (Å²) in [5.41, 5.74) is 0. The second-order valence-corrected chi connectivity index (χ2v) is 7.69. The predicted octanol–water partition coefficient (Wildman–Crippen LogP) is 3.73. The van der Waals surface area contributed by atoms with Crippen LogP contribution in [0.25, 0.3) is 10.8 Å². The van der Waals surface area contributed by atoms with E-state index in [2.05, 4.69) is 15.5 Å². The minimum atomic E-state index is -0.237. The second-order valence-electron chi connectivity index (χ2n) is 5.45. The fourth-order valence-electron chi connectivity index (χ4n) is 2.53. The second kappa shape index (κ2) is 7.28. The van der Waals surface area contributed by atoms with E-state index in [1.807, 2.05) is 24.4 Å². The third-order valence-corrected chi connectivity index (χ3v) is 5.53. The molecule has 2 heterocycles. The normalized spacial score (nSPS) is 17.3. The van der Waals surface area contributed by atoms with Crippen LogP contribution in [0.1, 0.15) is 39.0 Å². The highest BCUT2D eigenvalue weighted by atomic mass is 32.2. The fourth-order valence-corrected chi connectivity index (χ4v) is 3.86. The fraction of sp³-hybridized carbons (Fsp3) is 0.533. The van der Waals surface area contributed by atoms with Crippen LogP contribution in [0.4, 0.5) is 0 Å². The lowest BCUT2D eigenvalue weighted by Gasteiger charge is -2.23. The summed E-state index contributed by atoms with van der Waals surface area (Å²) in [5.74, 6) is 0.560. The van der Waals surface area contributed by atoms with E-state index in [4.69, 9.17) is 4.42 Å². The highest BCUT2D eigenvalue weighted by Crippen LogP contribution is 2.28. The van der Waals surface area contributed by atoms with Gasteiger partial charge in [-0.25, -0.2) is 0 Å². The van der Waals surface area contributed by atoms with Crippen LogP contribution in [0, 0.1) is 0 Å². The van der Waals surface area contributed by atoms with Crippen LogP contribution in [0.3, 0.4) is 0 Å². The summed E-state index contributed by atoms with van der Waals surface area (Å²) in [7, 11) is 0. The van der Waals surface area contributed by atoms with Crippen molar-refractivity contribution >= 4 is 29.0 Å². The van der Waals surface area contributed by atoms with Crippen molar-refractivity contribution in [1.82, 2.24) is 15.5 Å². The maximum absolute atomic E-state index is 12.2. The number of thiophene rings is 1. The van der Waals surface area contributed by atoms with Crippen molar-refractivity contribution < 1.29 is 9.21 Å². The molecule has 1 atom stereocenters. The summed E-state index contributed by atoms with van der Waals surface area (Å²) < 4.78 is 5.61. The van der Waals surface area contributed by atoms with Crippen LogP contribution in [-0.2, 0) is 4.79 Å². The zero-order valence-corrected chi connectivity index (χ0v) is 14.1. The average molecular weight is 337 g/mol. The van der Waals surface area contributed by atoms with Gasteiger partial charge in [-0.2, -0.15) is 0 Å². The summed E-state index contributed by atoms with van der Waals surface area (Å²) in [6.07, 6.45) is 5.88. The van der Waals surface area contributed by atoms with Crippen molar-refractivity contribution in [2.24, 2.45) is 0 Å². The largest absolute Gasteiger partial charge is 0.410 e. The van der Waals surface area contributed by atoms with Gasteiger partial charge in [0.15, 0.2) is 0 Å². The van der Waals surface area contributed by atoms with Gasteiger partial charge in [0.2, 0.25) is 5.91 Å². The van der Waals surface area contributed by atoms with Crippen LogP contribution >= 0.6 is 23.1 Å². The Morgan fingerprint density at radius 2 is 2.23 bits per heavy atom. The van der Waals surface area contributed by atoms with Crippen molar-refractivity contribution in [2.75, 3.05) is 0 Å². The van der Waals surface area contributed by atoms with Crippen molar-refractivity contribution in [2.45, 2.75) is 55.5 Å². The van der Waals surface area contributed by atoms with Crippen LogP contribution in [0.2, 0.25) is 0 Å². The van der Waals surface area contributed by atoms with Gasteiger partial charge in [-0.3, -0.25) is 4.79 Å². The number of amides is 1. The minimum Gasteiger partial charge on any atom is -0.410 e. The Morgan fingerprint density at radius 3 is 2.95 bits per heavy atom. The summed E-state index contributed by atoms with van der Waals surface area (Å²) in [4.78, 5) is 13.2. The number of carbonyl (C=O) groups is 1. The molecule has 0 saturated heterocycles. The Morgan fingerprint density at radius 1 is 1.41 bits per heavy atom. The molecule has 1 unspecified atom stereocenters. The number of carbonyl (C=O) groups excluding carboxylic acids is 1. The number of nitrogens with one attached hydrogen (secondary N) is 1. The van der Waals surface area contributed by atoms with Crippen molar-refractivity contribution in [1.29, 1.82) is 0 Å². The third-order valence-electron chi connectivity index (χ3n) is 3.74. The smallest absolute Gasteiger partial charge is 0.277 e. The molecule has 1 saturated carbocycles. The van der Waals surface area contributed by atoms with Gasteiger partial charge < -0.3 is 9.73 Å². The van der Waals surface area contributed by atoms with Gasteiger partial charge in [-0.15, -0.1) is 21.5 Å². The maximum atomic E-state index is 12.2. The Kier molecular flexibility index (Phi) is 5.15. The van der Waals surface area contributed by atoms with E-state index in [0.717, 1.165) is 17.7 Å². The minimum absolute atomic E-state index is 0.0489. The molecule has 0 spiro atoms. The van der Waals surface area contributed by atoms with E-state index in [-0.39, 0.29) is 11.2 Å². The van der Waals surface area contributed by atoms with Gasteiger partial charge in [0, 0.05) is 6.04 Å². The molecule has 118 valence electrons. The van der Waals surface area contributed by atoms with E-state index in [9.17, 15) is 4.79 Å². The predicted molar refractivity (Wildman–Crippen MR) is 87.9 cm³/mol. The van der Waals surface area contributed by atoms with Crippen molar-refractivity contribution in [3.05, 3.63) is 17.5 Å². The molecule has 0 radical (unpaired) electrons. The summed E-state index contributed by atoms with van der Waals surface area (Å²) >= 11 is 2.86. The number of hydrogen-bond acceptors (Lipinski definition) is 6. The Hall–Kier alpha value is -1.34. The molecule has 2 aromatic rings. The molecule has 0 aliphatic heterocycles. The summed E-state index contributed by atoms with van der Waals surface area (Å²) in [6.45, 7) is 1.87. The van der Waals surface area contributed by atoms with Crippen LogP contribution < -0.4 is 5.32 Å². The van der Waals surface area contributed by atoms with E-state index in [1.54, 1.807) is 11.3 Å². The molecule has 1 N–H and O–H groups in total. The van der Waals surface area contributed by atoms with E-state index in [0.29, 0.717) is 17.2 Å². The molecule has 5 nitrogen and oxygen atoms in total. The van der Waals surface area contributed by atoms with Gasteiger partial charge >= 0.3 is 0 Å². The van der Waals surface area contributed by atoms with Gasteiger partial charge in [-0.05, 0) is 31.2 Å². The lowest BCUT2D eigenvalue weighted by atomic mass is 9.95. The lowest BCUT2D eigenvalue weighted by molar-refractivity contribution is -0.121. The van der Waals surface area contributed by atoms with Gasteiger partial charge in [-0.1, -0.05) is 37.1 Å². The van der Waals surface area contributed by atoms with Crippen molar-refractivity contribution in [3.8, 4) is 10.8 Å². The number of nitrogens with zero attached hydrogens (tertiary/aromatic N) is 2. The SMILES string of the molecule is CC(Sc1nnc(-c2cccs2)o1)C(=O)NC1CCCCC1. The number of rotatable bonds is 5. The Balaban J connectivity index is 1.54. The number of hydrogen-bond donors (Lipinski definition) is 1. The van der Waals surface area contributed by atoms with Gasteiger partial charge in [0.05, 0.1) is 10.1 Å². The molecular weight excluding hydrogens is 318 g/mol. The highest BCUT2D eigenvalue weighted by Gasteiger charge is 2.22. The quantitative estimate of drug-likeness (QED) is 0.842. The standard InChI is InChI=1S/C15H19N3O2S2/c1-10(13(19)16-11-6-3-2-4-7-11)22-15-18-17-14(20-15)12-8-5-9-21-12/h5,8-11H,2-4,6-7H2,1H3,(H,16,19). The first-order valence-electron chi connectivity index (χ1n) is 7.57. The number of thioether (sulfide) groups is 1. The summed E-state index contributed by atoms with van der Waals surface area (Å²) in [5, 5.41) is 13.3. The molecule has 3 rings (SSSR count). The molecule has 1 fully saturated rings. The first-order chi connectivity index (χ1) is 10.7. The van der Waals surface area contributed by atoms with Crippen molar-refractivity contribution in [3.63, 3.8) is 0 Å². The van der Waals surface area contributed by atoms with E-state index in [1.165, 1.54) is 31.0 Å². The molecule has 1 aliphatic carbocycles. The first kappa shape index (κ1) is 15.6. The van der Waals surface area contributed by atoms with Crippen LogP contribution in [-0.4, -0.2) is 27.4 Å². The topological polar surface area (TPSA) is 68.0 Å². The molecule has 2 aromatic heterocycles. The molecule has 0 aromatic carbocycles. The number of aromatic nitrogens is 2. The zero-order valence-electron chi connectivity index (χ0n) is 12.4. The van der Waals surface area contributed by atoms with Gasteiger partial charge in [0.1, 0.15) is 0 Å². The molecular formula is C15H19N3O2S2. The van der Waals surface area contributed by atoms with Gasteiger partial charge in [0.25, 0.3) is 11.1 Å². The molecule has 1 amide bonds. The van der Waals surface area contributed by atoms with Crippen LogP contribution in [0.15, 0.2) is 27.2 Å². The highest BCUT2D eigenvalue weighted by molar-refractivity contribution is 8.00. The van der Waals surface area contributed by atoms with E-state index >= 15 is 0 Å². The molecule has 1 aliphatic rings. The monoisotopic (exact) mass is 337 g/mol. The molecule has 0 bridgehead atoms. The molecule has 7 heteroatoms. The zero-order chi connectivity index (χ0) is 15.4. The average Bonchev–Trinajstić information content (AvgIpc) is 3.19. The van der Waals surface area contributed by atoms with Crippen LogP contribution in [0.5, 0.6) is 0 Å². The van der Waals surface area contributed by atoms with E-state index < -0.39 is 0 Å². The Bertz CT molecular complexity index is 606. The maximum Gasteiger partial charge on any atom is 0.277 e. The first-order valence-corrected chi connectivity index (χ1v) is 9.33. The Labute approximate surface area is 137 Å². The molecule has 22 heavy (non-hydrogen) atoms. The lowest BCUT2D eigenvalue weighted by Crippen LogP contribution is -2.40.